The number of fused-ring (bicyclic) bond motifs is 3. The van der Waals surface area contributed by atoms with Crippen LogP contribution >= 0.6 is 0 Å². The van der Waals surface area contributed by atoms with Crippen molar-refractivity contribution in [3.8, 4) is 11.1 Å². The first-order chi connectivity index (χ1) is 13.2. The van der Waals surface area contributed by atoms with Gasteiger partial charge in [0.15, 0.2) is 5.78 Å². The van der Waals surface area contributed by atoms with Crippen molar-refractivity contribution in [3.63, 3.8) is 0 Å². The Balaban J connectivity index is 1.53. The van der Waals surface area contributed by atoms with Gasteiger partial charge < -0.3 is 4.74 Å². The predicted octanol–water partition coefficient (Wildman–Crippen LogP) is 6.20. The van der Waals surface area contributed by atoms with Crippen LogP contribution in [0.3, 0.4) is 0 Å². The van der Waals surface area contributed by atoms with Crippen LogP contribution in [-0.2, 0) is 4.74 Å². The van der Waals surface area contributed by atoms with Crippen molar-refractivity contribution in [2.24, 2.45) is 0 Å². The van der Waals surface area contributed by atoms with Gasteiger partial charge >= 0.3 is 5.97 Å². The number of rotatable bonds is 10. The minimum atomic E-state index is -0.334. The van der Waals surface area contributed by atoms with E-state index in [1.807, 2.05) is 24.3 Å². The molecule has 2 aromatic rings. The van der Waals surface area contributed by atoms with E-state index in [2.05, 4.69) is 6.92 Å². The molecule has 0 amide bonds. The molecule has 3 heteroatoms. The lowest BCUT2D eigenvalue weighted by atomic mass is 9.99. The summed E-state index contributed by atoms with van der Waals surface area (Å²) < 4.78 is 5.50. The molecule has 0 aromatic heterocycles. The van der Waals surface area contributed by atoms with Gasteiger partial charge in [-0.2, -0.15) is 0 Å². The van der Waals surface area contributed by atoms with Crippen molar-refractivity contribution in [1.29, 1.82) is 0 Å². The molecular weight excluding hydrogens is 336 g/mol. The van der Waals surface area contributed by atoms with Crippen LogP contribution < -0.4 is 0 Å². The topological polar surface area (TPSA) is 43.4 Å². The van der Waals surface area contributed by atoms with Crippen LogP contribution in [0.2, 0.25) is 0 Å². The summed E-state index contributed by atoms with van der Waals surface area (Å²) in [5, 5.41) is 0. The van der Waals surface area contributed by atoms with Crippen LogP contribution in [0.1, 0.15) is 84.6 Å². The van der Waals surface area contributed by atoms with Crippen LogP contribution in [0, 0.1) is 0 Å². The monoisotopic (exact) mass is 364 g/mol. The molecule has 0 aliphatic heterocycles. The van der Waals surface area contributed by atoms with Gasteiger partial charge in [-0.05, 0) is 18.1 Å². The first-order valence-electron chi connectivity index (χ1n) is 10.2. The molecule has 27 heavy (non-hydrogen) atoms. The number of ketones is 1. The second-order valence-electron chi connectivity index (χ2n) is 7.21. The highest BCUT2D eigenvalue weighted by Gasteiger charge is 2.30. The molecule has 1 aliphatic rings. The average molecular weight is 364 g/mol. The molecule has 0 atom stereocenters. The molecule has 0 saturated carbocycles. The molecule has 142 valence electrons. The molecule has 3 nitrogen and oxygen atoms in total. The maximum Gasteiger partial charge on any atom is 0.338 e. The van der Waals surface area contributed by atoms with Gasteiger partial charge in [0.2, 0.25) is 0 Å². The maximum absolute atomic E-state index is 12.6. The van der Waals surface area contributed by atoms with E-state index in [4.69, 9.17) is 4.74 Å². The Labute approximate surface area is 161 Å². The Hall–Kier alpha value is -2.42. The number of carbonyl (C=O) groups excluding carboxylic acids is 2. The summed E-state index contributed by atoms with van der Waals surface area (Å²) in [6.45, 7) is 2.66. The summed E-state index contributed by atoms with van der Waals surface area (Å²) in [6, 6.07) is 12.8. The summed E-state index contributed by atoms with van der Waals surface area (Å²) in [5.41, 5.74) is 3.30. The van der Waals surface area contributed by atoms with E-state index in [1.54, 1.807) is 18.2 Å². The van der Waals surface area contributed by atoms with E-state index in [0.29, 0.717) is 23.3 Å². The van der Waals surface area contributed by atoms with E-state index >= 15 is 0 Å². The SMILES string of the molecule is CCCCCCCCCCOC(=O)c1cccc2c1-c1ccccc1C2=O. The Morgan fingerprint density at radius 1 is 0.778 bits per heavy atom. The van der Waals surface area contributed by atoms with Crippen molar-refractivity contribution in [1.82, 2.24) is 0 Å². The van der Waals surface area contributed by atoms with Gasteiger partial charge in [0.25, 0.3) is 0 Å². The molecule has 0 heterocycles. The van der Waals surface area contributed by atoms with Crippen molar-refractivity contribution < 1.29 is 14.3 Å². The molecular formula is C24H28O3. The molecule has 1 aliphatic carbocycles. The van der Waals surface area contributed by atoms with Crippen LogP contribution in [0.25, 0.3) is 11.1 Å². The third kappa shape index (κ3) is 4.47. The van der Waals surface area contributed by atoms with Gasteiger partial charge in [-0.3, -0.25) is 4.79 Å². The maximum atomic E-state index is 12.6. The molecule has 0 radical (unpaired) electrons. The fraction of sp³-hybridized carbons (Fsp3) is 0.417. The Kier molecular flexibility index (Phi) is 6.80. The summed E-state index contributed by atoms with van der Waals surface area (Å²) in [7, 11) is 0. The number of benzene rings is 2. The standard InChI is InChI=1S/C24H28O3/c1-2-3-4-5-6-7-8-11-17-27-24(26)21-16-12-15-20-22(21)18-13-9-10-14-19(18)23(20)25/h9-10,12-16H,2-8,11,17H2,1H3. The van der Waals surface area contributed by atoms with Crippen molar-refractivity contribution in [2.75, 3.05) is 6.61 Å². The lowest BCUT2D eigenvalue weighted by Crippen LogP contribution is -2.08. The zero-order valence-corrected chi connectivity index (χ0v) is 16.1. The number of unbranched alkanes of at least 4 members (excludes halogenated alkanes) is 7. The highest BCUT2D eigenvalue weighted by atomic mass is 16.5. The summed E-state index contributed by atoms with van der Waals surface area (Å²) in [6.07, 6.45) is 9.67. The number of ether oxygens (including phenoxy) is 1. The fourth-order valence-corrected chi connectivity index (χ4v) is 3.72. The van der Waals surface area contributed by atoms with E-state index < -0.39 is 0 Å². The summed E-state index contributed by atoms with van der Waals surface area (Å²) in [4.78, 5) is 25.1. The smallest absolute Gasteiger partial charge is 0.338 e. The number of hydrogen-bond acceptors (Lipinski definition) is 3. The zero-order chi connectivity index (χ0) is 19.1. The molecule has 2 aromatic carbocycles. The van der Waals surface area contributed by atoms with E-state index in [0.717, 1.165) is 24.0 Å². The number of hydrogen-bond donors (Lipinski definition) is 0. The number of carbonyl (C=O) groups is 2. The summed E-state index contributed by atoms with van der Waals surface area (Å²) >= 11 is 0. The van der Waals surface area contributed by atoms with Gasteiger partial charge in [-0.1, -0.05) is 88.3 Å². The second kappa shape index (κ2) is 9.50. The summed E-state index contributed by atoms with van der Waals surface area (Å²) in [5.74, 6) is -0.349. The minimum Gasteiger partial charge on any atom is -0.462 e. The van der Waals surface area contributed by atoms with Crippen LogP contribution in [0.5, 0.6) is 0 Å². The normalized spacial score (nSPS) is 12.0. The molecule has 0 unspecified atom stereocenters. The molecule has 0 fully saturated rings. The Bertz CT molecular complexity index is 807. The quantitative estimate of drug-likeness (QED) is 0.318. The lowest BCUT2D eigenvalue weighted by molar-refractivity contribution is 0.0498. The van der Waals surface area contributed by atoms with E-state index in [-0.39, 0.29) is 11.8 Å². The van der Waals surface area contributed by atoms with Gasteiger partial charge in [0.05, 0.1) is 12.2 Å². The van der Waals surface area contributed by atoms with Gasteiger partial charge in [-0.25, -0.2) is 4.79 Å². The average Bonchev–Trinajstić information content (AvgIpc) is 2.99. The molecule has 0 N–H and O–H groups in total. The van der Waals surface area contributed by atoms with Crippen LogP contribution in [0.15, 0.2) is 42.5 Å². The molecule has 0 spiro atoms. The fourth-order valence-electron chi connectivity index (χ4n) is 3.72. The minimum absolute atomic E-state index is 0.0154. The molecule has 0 bridgehead atoms. The van der Waals surface area contributed by atoms with Crippen LogP contribution in [-0.4, -0.2) is 18.4 Å². The lowest BCUT2D eigenvalue weighted by Gasteiger charge is -2.09. The third-order valence-electron chi connectivity index (χ3n) is 5.20. The predicted molar refractivity (Wildman–Crippen MR) is 108 cm³/mol. The second-order valence-corrected chi connectivity index (χ2v) is 7.21. The van der Waals surface area contributed by atoms with Gasteiger partial charge in [0.1, 0.15) is 0 Å². The Morgan fingerprint density at radius 2 is 1.41 bits per heavy atom. The first kappa shape index (κ1) is 19.3. The molecule has 0 saturated heterocycles. The molecule has 3 rings (SSSR count). The van der Waals surface area contributed by atoms with Crippen molar-refractivity contribution >= 4 is 11.8 Å². The number of esters is 1. The van der Waals surface area contributed by atoms with Crippen molar-refractivity contribution in [3.05, 3.63) is 59.2 Å². The first-order valence-corrected chi connectivity index (χ1v) is 10.2. The van der Waals surface area contributed by atoms with Crippen molar-refractivity contribution in [2.45, 2.75) is 58.3 Å². The highest BCUT2D eigenvalue weighted by Crippen LogP contribution is 2.38. The zero-order valence-electron chi connectivity index (χ0n) is 16.1. The Morgan fingerprint density at radius 3 is 2.15 bits per heavy atom. The largest absolute Gasteiger partial charge is 0.462 e. The van der Waals surface area contributed by atoms with E-state index in [9.17, 15) is 9.59 Å². The van der Waals surface area contributed by atoms with Crippen LogP contribution in [0.4, 0.5) is 0 Å². The van der Waals surface area contributed by atoms with Gasteiger partial charge in [-0.15, -0.1) is 0 Å². The van der Waals surface area contributed by atoms with Gasteiger partial charge in [0, 0.05) is 16.7 Å². The van der Waals surface area contributed by atoms with E-state index in [1.165, 1.54) is 38.5 Å². The third-order valence-corrected chi connectivity index (χ3v) is 5.20. The highest BCUT2D eigenvalue weighted by molar-refractivity contribution is 6.24.